The van der Waals surface area contributed by atoms with Gasteiger partial charge in [0.15, 0.2) is 0 Å². The van der Waals surface area contributed by atoms with Gasteiger partial charge in [-0.2, -0.15) is 36.4 Å². The monoisotopic (exact) mass is 472 g/mol. The zero-order valence-corrected chi connectivity index (χ0v) is 19.3. The molecule has 0 aliphatic carbocycles. The van der Waals surface area contributed by atoms with Crippen molar-refractivity contribution >= 4 is 32.8 Å². The van der Waals surface area contributed by atoms with Gasteiger partial charge < -0.3 is 0 Å². The predicted octanol–water partition coefficient (Wildman–Crippen LogP) is 5.53. The molecule has 0 N–H and O–H groups in total. The molecule has 0 radical (unpaired) electrons. The zero-order chi connectivity index (χ0) is 18.5. The van der Waals surface area contributed by atoms with Gasteiger partial charge in [0.25, 0.3) is 0 Å². The molecule has 0 aromatic heterocycles. The summed E-state index contributed by atoms with van der Waals surface area (Å²) < 4.78 is 0. The van der Waals surface area contributed by atoms with Gasteiger partial charge in [-0.15, -0.1) is 0 Å². The molecule has 0 atom stereocenters. The van der Waals surface area contributed by atoms with Crippen molar-refractivity contribution in [1.82, 2.24) is 0 Å². The molecule has 132 valence electrons. The van der Waals surface area contributed by atoms with Gasteiger partial charge in [-0.05, 0) is 0 Å². The van der Waals surface area contributed by atoms with E-state index in [1.807, 2.05) is 72.8 Å². The molecule has 0 fully saturated rings. The fourth-order valence-corrected chi connectivity index (χ4v) is 17.5. The first-order chi connectivity index (χ1) is 12.8. The molecule has 0 heterocycles. The maximum absolute atomic E-state index is 6.32. The first-order valence-corrected chi connectivity index (χ1v) is 19.8. The second-order valence-corrected chi connectivity index (χ2v) is 24.5. The fourth-order valence-electron chi connectivity index (χ4n) is 2.24. The number of benzene rings is 2. The molecule has 26 heavy (non-hydrogen) atoms. The van der Waals surface area contributed by atoms with Gasteiger partial charge in [0.2, 0.25) is 0 Å². The summed E-state index contributed by atoms with van der Waals surface area (Å²) in [4.78, 5) is 0. The van der Waals surface area contributed by atoms with E-state index in [0.717, 1.165) is 0 Å². The molecule has 4 heteroatoms. The summed E-state index contributed by atoms with van der Waals surface area (Å²) in [6, 6.07) is 40.9. The molecule has 0 unspecified atom stereocenters. The minimum atomic E-state index is -2.26. The topological polar surface area (TPSA) is 0 Å². The number of hydrogen-bond donors (Lipinski definition) is 0. The molecular formula is C22H20Cl2SiZr-2. The van der Waals surface area contributed by atoms with E-state index in [2.05, 4.69) is 48.5 Å². The first kappa shape index (κ1) is 21.1. The van der Waals surface area contributed by atoms with E-state index in [4.69, 9.17) is 17.0 Å². The Morgan fingerprint density at radius 3 is 1.12 bits per heavy atom. The van der Waals surface area contributed by atoms with Crippen LogP contribution < -0.4 is 10.4 Å². The summed E-state index contributed by atoms with van der Waals surface area (Å²) in [5.74, 6) is 0. The standard InChI is InChI=1S/C12H10Si.2C5H5.2ClH.Zr/c1-3-7-11(8-4-1)13-12-9-5-2-6-10-12;2*1-2-4-5-3-1;;;/h1-10H;2*1-5H;2*1H;/q;2*-1;;;+2/p-2. The van der Waals surface area contributed by atoms with E-state index in [1.165, 1.54) is 10.4 Å². The second kappa shape index (κ2) is 13.1. The van der Waals surface area contributed by atoms with E-state index in [-0.39, 0.29) is 0 Å². The Bertz CT molecular complexity index is 734. The maximum Gasteiger partial charge on any atom is -0.172 e. The smallest absolute Gasteiger partial charge is 0.172 e. The van der Waals surface area contributed by atoms with E-state index in [0.29, 0.717) is 0 Å². The summed E-state index contributed by atoms with van der Waals surface area (Å²) in [5.41, 5.74) is -0.889. The normalized spacial score (nSPS) is 9.15. The predicted molar refractivity (Wildman–Crippen MR) is 114 cm³/mol. The molecule has 0 saturated carbocycles. The average molecular weight is 475 g/mol. The molecule has 4 rings (SSSR count). The molecule has 0 aliphatic heterocycles. The third-order valence-electron chi connectivity index (χ3n) is 3.43. The van der Waals surface area contributed by atoms with E-state index >= 15 is 0 Å². The summed E-state index contributed by atoms with van der Waals surface area (Å²) in [7, 11) is 12.6. The average Bonchev–Trinajstić information content (AvgIpc) is 3.42. The van der Waals surface area contributed by atoms with Crippen LogP contribution in [0.25, 0.3) is 0 Å². The van der Waals surface area contributed by atoms with Gasteiger partial charge in [-0.25, -0.2) is 24.3 Å². The van der Waals surface area contributed by atoms with Crippen molar-refractivity contribution < 1.29 is 18.0 Å². The van der Waals surface area contributed by atoms with E-state index in [9.17, 15) is 0 Å². The van der Waals surface area contributed by atoms with Crippen molar-refractivity contribution in [1.29, 1.82) is 0 Å². The number of rotatable bonds is 2. The summed E-state index contributed by atoms with van der Waals surface area (Å²) in [5, 5.41) is 2.66. The quantitative estimate of drug-likeness (QED) is 0.265. The zero-order valence-electron chi connectivity index (χ0n) is 14.3. The van der Waals surface area contributed by atoms with Crippen LogP contribution in [0.4, 0.5) is 0 Å². The molecule has 0 nitrogen and oxygen atoms in total. The van der Waals surface area contributed by atoms with E-state index < -0.39 is 23.4 Å². The van der Waals surface area contributed by atoms with Gasteiger partial charge in [0, 0.05) is 0 Å². The molecule has 0 amide bonds. The van der Waals surface area contributed by atoms with Crippen LogP contribution in [0.15, 0.2) is 121 Å². The molecule has 0 bridgehead atoms. The van der Waals surface area contributed by atoms with Crippen molar-refractivity contribution in [2.75, 3.05) is 0 Å². The minimum Gasteiger partial charge on any atom is -0.214 e. The van der Waals surface area contributed by atoms with Crippen LogP contribution in [0.1, 0.15) is 0 Å². The molecular weight excluding hydrogens is 454 g/mol. The van der Waals surface area contributed by atoms with Gasteiger partial charge >= 0.3 is 111 Å². The Hall–Kier alpha value is -1.18. The number of hydrogen-bond acceptors (Lipinski definition) is 0. The van der Waals surface area contributed by atoms with Gasteiger partial charge in [0.05, 0.1) is 0 Å². The second-order valence-electron chi connectivity index (χ2n) is 5.29. The van der Waals surface area contributed by atoms with Crippen molar-refractivity contribution in [2.24, 2.45) is 0 Å². The largest absolute Gasteiger partial charge is 0.214 e. The Morgan fingerprint density at radius 2 is 0.885 bits per heavy atom. The molecule has 0 spiro atoms. The van der Waals surface area contributed by atoms with Gasteiger partial charge in [-0.3, -0.25) is 0 Å². The minimum absolute atomic E-state index is 0.889. The Balaban J connectivity index is 0.000000196. The maximum atomic E-state index is 6.32. The summed E-state index contributed by atoms with van der Waals surface area (Å²) in [6.07, 6.45) is 0. The van der Waals surface area contributed by atoms with Crippen LogP contribution in [-0.4, -0.2) is 5.43 Å². The van der Waals surface area contributed by atoms with Crippen LogP contribution in [0, 0.1) is 0 Å². The van der Waals surface area contributed by atoms with Crippen molar-refractivity contribution in [2.45, 2.75) is 0 Å². The van der Waals surface area contributed by atoms with Crippen LogP contribution in [0.2, 0.25) is 0 Å². The Kier molecular flexibility index (Phi) is 10.6. The molecule has 0 aliphatic rings. The third kappa shape index (κ3) is 8.01. The van der Waals surface area contributed by atoms with E-state index in [1.54, 1.807) is 0 Å². The summed E-state index contributed by atoms with van der Waals surface area (Å²) in [6.45, 7) is 0. The van der Waals surface area contributed by atoms with Crippen molar-refractivity contribution in [3.63, 3.8) is 0 Å². The van der Waals surface area contributed by atoms with Crippen LogP contribution >= 0.6 is 17.0 Å². The Morgan fingerprint density at radius 1 is 0.538 bits per heavy atom. The van der Waals surface area contributed by atoms with Crippen LogP contribution in [-0.2, 0) is 18.0 Å². The summed E-state index contributed by atoms with van der Waals surface area (Å²) >= 11 is -2.26. The first-order valence-electron chi connectivity index (χ1n) is 8.28. The van der Waals surface area contributed by atoms with Gasteiger partial charge in [0.1, 0.15) is 0 Å². The van der Waals surface area contributed by atoms with Gasteiger partial charge in [-0.1, -0.05) is 0 Å². The van der Waals surface area contributed by atoms with Crippen LogP contribution in [0.3, 0.4) is 0 Å². The molecule has 0 saturated heterocycles. The van der Waals surface area contributed by atoms with Crippen LogP contribution in [0.5, 0.6) is 0 Å². The SMILES string of the molecule is [Cl][Zr]([Cl])=[Si](c1ccccc1)c1ccccc1.c1cc[cH-]c1.c1cc[cH-]c1. The third-order valence-corrected chi connectivity index (χ3v) is 19.4. The molecule has 4 aromatic carbocycles. The molecule has 4 aromatic rings. The Labute approximate surface area is 171 Å². The van der Waals surface area contributed by atoms with Crippen molar-refractivity contribution in [3.05, 3.63) is 121 Å². The number of halogens is 2. The van der Waals surface area contributed by atoms with Crippen molar-refractivity contribution in [3.8, 4) is 0 Å². The fraction of sp³-hybridized carbons (Fsp3) is 0.